The number of piperazine rings is 1. The van der Waals surface area contributed by atoms with Crippen molar-refractivity contribution in [1.29, 1.82) is 0 Å². The summed E-state index contributed by atoms with van der Waals surface area (Å²) in [5.74, 6) is 0.0700. The molecule has 2 atom stereocenters. The highest BCUT2D eigenvalue weighted by atomic mass is 16.2. The number of aryl methyl sites for hydroxylation is 1. The monoisotopic (exact) mass is 259 g/mol. The molecule has 2 aliphatic heterocycles. The summed E-state index contributed by atoms with van der Waals surface area (Å²) in [6.45, 7) is 4.43. The molecule has 2 unspecified atom stereocenters. The number of hydrogen-bond acceptors (Lipinski definition) is 3. The van der Waals surface area contributed by atoms with Crippen molar-refractivity contribution in [1.82, 2.24) is 9.88 Å². The van der Waals surface area contributed by atoms with Gasteiger partial charge < -0.3 is 4.90 Å². The number of nitrogens with zero attached hydrogens (tertiary/aromatic N) is 3. The lowest BCUT2D eigenvalue weighted by molar-refractivity contribution is -0.143. The average Bonchev–Trinajstić information content (AvgIpc) is 2.86. The van der Waals surface area contributed by atoms with Crippen LogP contribution >= 0.6 is 0 Å². The van der Waals surface area contributed by atoms with Crippen molar-refractivity contribution in [3.05, 3.63) is 24.0 Å². The Morgan fingerprint density at radius 2 is 2.05 bits per heavy atom. The van der Waals surface area contributed by atoms with E-state index in [0.717, 1.165) is 24.1 Å². The molecule has 1 aromatic heterocycles. The predicted octanol–water partition coefficient (Wildman–Crippen LogP) is 1.12. The van der Waals surface area contributed by atoms with Gasteiger partial charge in [-0.15, -0.1) is 0 Å². The molecule has 3 heterocycles. The standard InChI is InChI=1S/C14H17N3O2/c1-9-6-11(8-15-7-9)17-10(2)13(18)16-5-3-4-12(16)14(17)19/h6-8,10,12H,3-5H2,1-2H3. The molecule has 2 fully saturated rings. The minimum Gasteiger partial charge on any atom is -0.329 e. The minimum absolute atomic E-state index is 0.0250. The molecule has 0 radical (unpaired) electrons. The number of fused-ring (bicyclic) bond motifs is 1. The van der Waals surface area contributed by atoms with Crippen LogP contribution in [0.1, 0.15) is 25.3 Å². The molecule has 0 aliphatic carbocycles. The number of amides is 2. The fourth-order valence-electron chi connectivity index (χ4n) is 3.01. The maximum atomic E-state index is 12.6. The van der Waals surface area contributed by atoms with Crippen LogP contribution in [-0.2, 0) is 9.59 Å². The van der Waals surface area contributed by atoms with Gasteiger partial charge in [-0.1, -0.05) is 0 Å². The normalized spacial score (nSPS) is 26.8. The summed E-state index contributed by atoms with van der Waals surface area (Å²) in [4.78, 5) is 32.4. The number of anilines is 1. The van der Waals surface area contributed by atoms with E-state index < -0.39 is 6.04 Å². The summed E-state index contributed by atoms with van der Waals surface area (Å²) in [6, 6.07) is 1.19. The van der Waals surface area contributed by atoms with Crippen molar-refractivity contribution in [3.8, 4) is 0 Å². The Morgan fingerprint density at radius 3 is 2.79 bits per heavy atom. The van der Waals surface area contributed by atoms with E-state index in [-0.39, 0.29) is 17.9 Å². The molecule has 0 aromatic carbocycles. The Morgan fingerprint density at radius 1 is 1.26 bits per heavy atom. The van der Waals surface area contributed by atoms with Gasteiger partial charge in [0.1, 0.15) is 12.1 Å². The molecule has 3 rings (SSSR count). The number of pyridine rings is 1. The molecule has 0 spiro atoms. The number of hydrogen-bond donors (Lipinski definition) is 0. The van der Waals surface area contributed by atoms with Crippen molar-refractivity contribution in [2.24, 2.45) is 0 Å². The van der Waals surface area contributed by atoms with E-state index in [1.807, 2.05) is 13.0 Å². The lowest BCUT2D eigenvalue weighted by Gasteiger charge is -2.40. The van der Waals surface area contributed by atoms with Crippen LogP contribution in [0.5, 0.6) is 0 Å². The maximum absolute atomic E-state index is 12.6. The zero-order valence-corrected chi connectivity index (χ0v) is 11.2. The molecule has 5 nitrogen and oxygen atoms in total. The summed E-state index contributed by atoms with van der Waals surface area (Å²) in [5.41, 5.74) is 1.70. The molecule has 100 valence electrons. The van der Waals surface area contributed by atoms with Crippen molar-refractivity contribution >= 4 is 17.5 Å². The third-order valence-electron chi connectivity index (χ3n) is 3.94. The van der Waals surface area contributed by atoms with Gasteiger partial charge in [0.2, 0.25) is 5.91 Å². The van der Waals surface area contributed by atoms with Gasteiger partial charge in [0.25, 0.3) is 5.91 Å². The molecule has 19 heavy (non-hydrogen) atoms. The first kappa shape index (κ1) is 12.1. The van der Waals surface area contributed by atoms with E-state index in [1.54, 1.807) is 29.1 Å². The van der Waals surface area contributed by atoms with Gasteiger partial charge >= 0.3 is 0 Å². The highest BCUT2D eigenvalue weighted by Crippen LogP contribution is 2.30. The van der Waals surface area contributed by atoms with Crippen LogP contribution in [0.25, 0.3) is 0 Å². The second-order valence-electron chi connectivity index (χ2n) is 5.29. The van der Waals surface area contributed by atoms with E-state index in [9.17, 15) is 9.59 Å². The van der Waals surface area contributed by atoms with Crippen molar-refractivity contribution in [2.45, 2.75) is 38.8 Å². The first-order valence-corrected chi connectivity index (χ1v) is 6.65. The third kappa shape index (κ3) is 1.80. The third-order valence-corrected chi connectivity index (χ3v) is 3.94. The van der Waals surface area contributed by atoms with Gasteiger partial charge in [0.05, 0.1) is 11.9 Å². The molecule has 2 aliphatic rings. The lowest BCUT2D eigenvalue weighted by Crippen LogP contribution is -2.62. The molecule has 0 N–H and O–H groups in total. The van der Waals surface area contributed by atoms with Crippen LogP contribution in [-0.4, -0.2) is 40.3 Å². The van der Waals surface area contributed by atoms with E-state index >= 15 is 0 Å². The molecular weight excluding hydrogens is 242 g/mol. The first-order chi connectivity index (χ1) is 9.09. The molecule has 0 bridgehead atoms. The molecule has 1 aromatic rings. The highest BCUT2D eigenvalue weighted by molar-refractivity contribution is 6.08. The topological polar surface area (TPSA) is 53.5 Å². The van der Waals surface area contributed by atoms with Gasteiger partial charge in [-0.05, 0) is 38.3 Å². The maximum Gasteiger partial charge on any atom is 0.250 e. The Bertz CT molecular complexity index is 543. The average molecular weight is 259 g/mol. The minimum atomic E-state index is -0.439. The quantitative estimate of drug-likeness (QED) is 0.759. The SMILES string of the molecule is Cc1cncc(N2C(=O)C3CCCN3C(=O)C2C)c1. The van der Waals surface area contributed by atoms with Crippen LogP contribution in [0.4, 0.5) is 5.69 Å². The van der Waals surface area contributed by atoms with E-state index in [0.29, 0.717) is 6.54 Å². The Hall–Kier alpha value is -1.91. The lowest BCUT2D eigenvalue weighted by atomic mass is 10.1. The first-order valence-electron chi connectivity index (χ1n) is 6.65. The van der Waals surface area contributed by atoms with Gasteiger partial charge in [-0.2, -0.15) is 0 Å². The summed E-state index contributed by atoms with van der Waals surface area (Å²) >= 11 is 0. The van der Waals surface area contributed by atoms with Crippen LogP contribution in [0, 0.1) is 6.92 Å². The smallest absolute Gasteiger partial charge is 0.250 e. The Kier molecular flexibility index (Phi) is 2.77. The summed E-state index contributed by atoms with van der Waals surface area (Å²) in [7, 11) is 0. The van der Waals surface area contributed by atoms with Crippen molar-refractivity contribution in [3.63, 3.8) is 0 Å². The number of carbonyl (C=O) groups is 2. The van der Waals surface area contributed by atoms with Gasteiger partial charge in [0.15, 0.2) is 0 Å². The fraction of sp³-hybridized carbons (Fsp3) is 0.500. The van der Waals surface area contributed by atoms with Gasteiger partial charge in [0, 0.05) is 12.7 Å². The second kappa shape index (κ2) is 4.33. The summed E-state index contributed by atoms with van der Waals surface area (Å²) < 4.78 is 0. The Labute approximate surface area is 112 Å². The molecule has 5 heteroatoms. The molecule has 2 amide bonds. The van der Waals surface area contributed by atoms with Crippen LogP contribution < -0.4 is 4.90 Å². The fourth-order valence-corrected chi connectivity index (χ4v) is 3.01. The molecule has 2 saturated heterocycles. The number of aromatic nitrogens is 1. The zero-order chi connectivity index (χ0) is 13.6. The molecular formula is C14H17N3O2. The number of rotatable bonds is 1. The van der Waals surface area contributed by atoms with Crippen LogP contribution in [0.2, 0.25) is 0 Å². The number of carbonyl (C=O) groups excluding carboxylic acids is 2. The Balaban J connectivity index is 2.00. The predicted molar refractivity (Wildman–Crippen MR) is 70.7 cm³/mol. The van der Waals surface area contributed by atoms with Gasteiger partial charge in [-0.3, -0.25) is 19.5 Å². The van der Waals surface area contributed by atoms with E-state index in [4.69, 9.17) is 0 Å². The summed E-state index contributed by atoms with van der Waals surface area (Å²) in [5, 5.41) is 0. The van der Waals surface area contributed by atoms with E-state index in [1.165, 1.54) is 0 Å². The molecule has 0 saturated carbocycles. The zero-order valence-electron chi connectivity index (χ0n) is 11.2. The second-order valence-corrected chi connectivity index (χ2v) is 5.29. The highest BCUT2D eigenvalue weighted by Gasteiger charge is 2.46. The largest absolute Gasteiger partial charge is 0.329 e. The summed E-state index contributed by atoms with van der Waals surface area (Å²) in [6.07, 6.45) is 5.08. The van der Waals surface area contributed by atoms with Crippen LogP contribution in [0.15, 0.2) is 18.5 Å². The van der Waals surface area contributed by atoms with Crippen LogP contribution in [0.3, 0.4) is 0 Å². The van der Waals surface area contributed by atoms with Gasteiger partial charge in [-0.25, -0.2) is 0 Å². The van der Waals surface area contributed by atoms with Crippen molar-refractivity contribution in [2.75, 3.05) is 11.4 Å². The van der Waals surface area contributed by atoms with Crippen molar-refractivity contribution < 1.29 is 9.59 Å². The van der Waals surface area contributed by atoms with E-state index in [2.05, 4.69) is 4.98 Å².